The maximum Gasteiger partial charge on any atom is 0.305 e. The first-order valence-corrected chi connectivity index (χ1v) is 18.3. The van der Waals surface area contributed by atoms with Gasteiger partial charge in [0.2, 0.25) is 0 Å². The molecule has 0 bridgehead atoms. The highest BCUT2D eigenvalue weighted by atomic mass is 16.5. The molecule has 0 aromatic rings. The SMILES string of the molecule is CCCCCCCCC=CCCCCCCCCCCOC(=O)CCCCCCCC=CCCCCCCCC. The van der Waals surface area contributed by atoms with Gasteiger partial charge in [0, 0.05) is 6.42 Å². The maximum absolute atomic E-state index is 11.9. The van der Waals surface area contributed by atoms with Gasteiger partial charge in [-0.05, 0) is 64.2 Å². The van der Waals surface area contributed by atoms with E-state index in [9.17, 15) is 4.79 Å². The highest BCUT2D eigenvalue weighted by Crippen LogP contribution is 2.13. The van der Waals surface area contributed by atoms with Crippen LogP contribution >= 0.6 is 0 Å². The van der Waals surface area contributed by atoms with E-state index in [1.54, 1.807) is 0 Å². The molecule has 0 atom stereocenters. The Balaban J connectivity index is 3.22. The molecule has 0 aromatic heterocycles. The van der Waals surface area contributed by atoms with Crippen molar-refractivity contribution in [3.05, 3.63) is 24.3 Å². The van der Waals surface area contributed by atoms with Gasteiger partial charge in [-0.25, -0.2) is 0 Å². The molecule has 0 unspecified atom stereocenters. The zero-order valence-corrected chi connectivity index (χ0v) is 27.5. The number of rotatable bonds is 33. The largest absolute Gasteiger partial charge is 0.466 e. The lowest BCUT2D eigenvalue weighted by atomic mass is 10.1. The van der Waals surface area contributed by atoms with Crippen LogP contribution in [0.1, 0.15) is 206 Å². The second kappa shape index (κ2) is 36.0. The van der Waals surface area contributed by atoms with Crippen LogP contribution in [0, 0.1) is 0 Å². The van der Waals surface area contributed by atoms with E-state index < -0.39 is 0 Å². The number of ether oxygens (including phenoxy) is 1. The summed E-state index contributed by atoms with van der Waals surface area (Å²) in [5, 5.41) is 0. The number of carbonyl (C=O) groups is 1. The van der Waals surface area contributed by atoms with E-state index >= 15 is 0 Å². The molecule has 0 aliphatic heterocycles. The van der Waals surface area contributed by atoms with Crippen LogP contribution in [0.3, 0.4) is 0 Å². The summed E-state index contributed by atoms with van der Waals surface area (Å²) in [6.07, 6.45) is 48.1. The molecule has 40 heavy (non-hydrogen) atoms. The number of allylic oxidation sites excluding steroid dienone is 4. The fourth-order valence-corrected chi connectivity index (χ4v) is 5.30. The van der Waals surface area contributed by atoms with Crippen LogP contribution in [-0.4, -0.2) is 12.6 Å². The van der Waals surface area contributed by atoms with Crippen LogP contribution in [0.5, 0.6) is 0 Å². The average molecular weight is 561 g/mol. The molecule has 0 aliphatic carbocycles. The van der Waals surface area contributed by atoms with Crippen molar-refractivity contribution in [2.75, 3.05) is 6.61 Å². The zero-order chi connectivity index (χ0) is 29.0. The van der Waals surface area contributed by atoms with Crippen LogP contribution < -0.4 is 0 Å². The first-order valence-electron chi connectivity index (χ1n) is 18.3. The summed E-state index contributed by atoms with van der Waals surface area (Å²) in [4.78, 5) is 11.9. The Kier molecular flexibility index (Phi) is 35.0. The van der Waals surface area contributed by atoms with E-state index in [0.29, 0.717) is 13.0 Å². The minimum absolute atomic E-state index is 0.0126. The van der Waals surface area contributed by atoms with E-state index in [2.05, 4.69) is 38.2 Å². The number of unbranched alkanes of at least 4 members (excludes halogenated alkanes) is 25. The average Bonchev–Trinajstić information content (AvgIpc) is 2.96. The number of hydrogen-bond acceptors (Lipinski definition) is 2. The minimum Gasteiger partial charge on any atom is -0.466 e. The van der Waals surface area contributed by atoms with Crippen molar-refractivity contribution in [2.24, 2.45) is 0 Å². The lowest BCUT2D eigenvalue weighted by Gasteiger charge is -2.05. The predicted molar refractivity (Wildman–Crippen MR) is 179 cm³/mol. The summed E-state index contributed by atoms with van der Waals surface area (Å²) in [5.74, 6) is 0.0126. The molecular formula is C38H72O2. The Hall–Kier alpha value is -1.05. The first-order chi connectivity index (χ1) is 19.8. The highest BCUT2D eigenvalue weighted by Gasteiger charge is 2.02. The van der Waals surface area contributed by atoms with Crippen molar-refractivity contribution < 1.29 is 9.53 Å². The van der Waals surface area contributed by atoms with Crippen LogP contribution in [0.15, 0.2) is 24.3 Å². The molecule has 0 amide bonds. The van der Waals surface area contributed by atoms with Crippen LogP contribution in [0.4, 0.5) is 0 Å². The highest BCUT2D eigenvalue weighted by molar-refractivity contribution is 5.69. The molecule has 0 saturated carbocycles. The van der Waals surface area contributed by atoms with Crippen molar-refractivity contribution in [1.29, 1.82) is 0 Å². The predicted octanol–water partition coefficient (Wildman–Crippen LogP) is 13.4. The van der Waals surface area contributed by atoms with Crippen LogP contribution in [-0.2, 0) is 9.53 Å². The van der Waals surface area contributed by atoms with Crippen molar-refractivity contribution >= 4 is 5.97 Å². The van der Waals surface area contributed by atoms with Gasteiger partial charge in [0.1, 0.15) is 0 Å². The van der Waals surface area contributed by atoms with Gasteiger partial charge in [0.05, 0.1) is 6.61 Å². The summed E-state index contributed by atoms with van der Waals surface area (Å²) in [7, 11) is 0. The van der Waals surface area contributed by atoms with Gasteiger partial charge in [-0.1, -0.05) is 160 Å². The molecule has 0 rings (SSSR count). The van der Waals surface area contributed by atoms with Gasteiger partial charge in [-0.2, -0.15) is 0 Å². The number of carbonyl (C=O) groups excluding carboxylic acids is 1. The second-order valence-corrected chi connectivity index (χ2v) is 12.2. The molecule has 0 N–H and O–H groups in total. The lowest BCUT2D eigenvalue weighted by molar-refractivity contribution is -0.143. The molecule has 0 aliphatic rings. The molecule has 0 radical (unpaired) electrons. The van der Waals surface area contributed by atoms with E-state index in [1.807, 2.05) is 0 Å². The molecule has 0 saturated heterocycles. The van der Waals surface area contributed by atoms with Crippen molar-refractivity contribution in [1.82, 2.24) is 0 Å². The lowest BCUT2D eigenvalue weighted by Crippen LogP contribution is -2.05. The Morgan fingerprint density at radius 2 is 0.700 bits per heavy atom. The van der Waals surface area contributed by atoms with E-state index in [-0.39, 0.29) is 5.97 Å². The fourth-order valence-electron chi connectivity index (χ4n) is 5.30. The molecule has 0 fully saturated rings. The summed E-state index contributed by atoms with van der Waals surface area (Å²) >= 11 is 0. The fraction of sp³-hybridized carbons (Fsp3) is 0.868. The first kappa shape index (κ1) is 39.0. The Morgan fingerprint density at radius 3 is 1.07 bits per heavy atom. The molecule has 0 aromatic carbocycles. The van der Waals surface area contributed by atoms with Crippen LogP contribution in [0.25, 0.3) is 0 Å². The molecule has 2 heteroatoms. The number of hydrogen-bond donors (Lipinski definition) is 0. The topological polar surface area (TPSA) is 26.3 Å². The summed E-state index contributed by atoms with van der Waals surface area (Å²) < 4.78 is 5.44. The van der Waals surface area contributed by atoms with Gasteiger partial charge in [-0.15, -0.1) is 0 Å². The molecule has 2 nitrogen and oxygen atoms in total. The van der Waals surface area contributed by atoms with E-state index in [4.69, 9.17) is 4.74 Å². The normalized spacial score (nSPS) is 11.8. The third kappa shape index (κ3) is 35.0. The van der Waals surface area contributed by atoms with Crippen molar-refractivity contribution in [3.63, 3.8) is 0 Å². The molecule has 236 valence electrons. The number of esters is 1. The minimum atomic E-state index is 0.0126. The van der Waals surface area contributed by atoms with Gasteiger partial charge in [0.25, 0.3) is 0 Å². The Bertz CT molecular complexity index is 536. The quantitative estimate of drug-likeness (QED) is 0.0453. The molecular weight excluding hydrogens is 488 g/mol. The summed E-state index contributed by atoms with van der Waals surface area (Å²) in [5.41, 5.74) is 0. The summed E-state index contributed by atoms with van der Waals surface area (Å²) in [6.45, 7) is 5.18. The third-order valence-electron chi connectivity index (χ3n) is 8.06. The third-order valence-corrected chi connectivity index (χ3v) is 8.06. The van der Waals surface area contributed by atoms with Gasteiger partial charge >= 0.3 is 5.97 Å². The molecule has 0 heterocycles. The second-order valence-electron chi connectivity index (χ2n) is 12.2. The van der Waals surface area contributed by atoms with E-state index in [1.165, 1.54) is 167 Å². The maximum atomic E-state index is 11.9. The van der Waals surface area contributed by atoms with Gasteiger partial charge < -0.3 is 4.74 Å². The van der Waals surface area contributed by atoms with Crippen LogP contribution in [0.2, 0.25) is 0 Å². The van der Waals surface area contributed by atoms with E-state index in [0.717, 1.165) is 19.3 Å². The zero-order valence-electron chi connectivity index (χ0n) is 27.5. The van der Waals surface area contributed by atoms with Gasteiger partial charge in [-0.3, -0.25) is 4.79 Å². The monoisotopic (exact) mass is 561 g/mol. The molecule has 0 spiro atoms. The van der Waals surface area contributed by atoms with Crippen molar-refractivity contribution in [3.8, 4) is 0 Å². The Morgan fingerprint density at radius 1 is 0.400 bits per heavy atom. The smallest absolute Gasteiger partial charge is 0.305 e. The standard InChI is InChI=1S/C38H72O2/c1-3-5-7-9-11-13-15-17-19-20-21-23-25-27-29-31-33-35-37-40-38(39)36-34-32-30-28-26-24-22-18-16-14-12-10-8-6-4-2/h17-19,22H,3-16,20-21,23-37H2,1-2H3. The van der Waals surface area contributed by atoms with Crippen molar-refractivity contribution in [2.45, 2.75) is 206 Å². The Labute approximate surface area is 252 Å². The van der Waals surface area contributed by atoms with Gasteiger partial charge in [0.15, 0.2) is 0 Å². The summed E-state index contributed by atoms with van der Waals surface area (Å²) in [6, 6.07) is 0.